The third kappa shape index (κ3) is 4.76. The minimum absolute atomic E-state index is 0.0362. The SMILES string of the molecule is COc1ccc(C(=O)N[C@H]2CC[C@@H](Nc3cccc4nn(C(F)(F)F)cc34)CC2)cc1. The molecule has 0 aliphatic heterocycles. The summed E-state index contributed by atoms with van der Waals surface area (Å²) in [5.74, 6) is 0.572. The molecule has 0 unspecified atom stereocenters. The van der Waals surface area contributed by atoms with Crippen LogP contribution in [0.15, 0.2) is 48.7 Å². The fraction of sp³-hybridized carbons (Fsp3) is 0.364. The molecule has 1 aromatic heterocycles. The number of halogens is 3. The molecule has 2 aromatic carbocycles. The maximum Gasteiger partial charge on any atom is 0.504 e. The molecule has 1 heterocycles. The van der Waals surface area contributed by atoms with Crippen LogP contribution in [-0.2, 0) is 6.30 Å². The van der Waals surface area contributed by atoms with Gasteiger partial charge in [0.2, 0.25) is 0 Å². The van der Waals surface area contributed by atoms with Gasteiger partial charge in [-0.05, 0) is 62.1 Å². The summed E-state index contributed by atoms with van der Waals surface area (Å²) in [7, 11) is 1.57. The van der Waals surface area contributed by atoms with Crippen LogP contribution in [0, 0.1) is 0 Å². The standard InChI is InChI=1S/C22H23F3N4O2/c1-31-17-11-5-14(6-12-17)21(30)27-16-9-7-15(8-10-16)26-19-3-2-4-20-18(19)13-29(28-20)22(23,24)25/h2-6,11-13,15-16,26H,7-10H2,1H3,(H,27,30)/t15-,16+. The monoisotopic (exact) mass is 432 g/mol. The van der Waals surface area contributed by atoms with Crippen molar-refractivity contribution in [2.75, 3.05) is 12.4 Å². The normalized spacial score (nSPS) is 19.2. The maximum absolute atomic E-state index is 13.0. The van der Waals surface area contributed by atoms with Crippen LogP contribution in [0.4, 0.5) is 18.9 Å². The number of nitrogens with one attached hydrogen (secondary N) is 2. The summed E-state index contributed by atoms with van der Waals surface area (Å²) in [5.41, 5.74) is 1.51. The van der Waals surface area contributed by atoms with Crippen LogP contribution in [0.5, 0.6) is 5.75 Å². The van der Waals surface area contributed by atoms with E-state index in [4.69, 9.17) is 4.74 Å². The Morgan fingerprint density at radius 3 is 2.39 bits per heavy atom. The third-order valence-corrected chi connectivity index (χ3v) is 5.58. The summed E-state index contributed by atoms with van der Waals surface area (Å²) in [5, 5.41) is 10.5. The number of amides is 1. The van der Waals surface area contributed by atoms with E-state index in [1.165, 1.54) is 0 Å². The first-order valence-corrected chi connectivity index (χ1v) is 10.1. The molecule has 0 atom stereocenters. The summed E-state index contributed by atoms with van der Waals surface area (Å²) >= 11 is 0. The number of fused-ring (bicyclic) bond motifs is 1. The highest BCUT2D eigenvalue weighted by atomic mass is 19.4. The van der Waals surface area contributed by atoms with Gasteiger partial charge in [0, 0.05) is 34.9 Å². The van der Waals surface area contributed by atoms with Gasteiger partial charge in [0.05, 0.1) is 12.6 Å². The first-order valence-electron chi connectivity index (χ1n) is 10.1. The van der Waals surface area contributed by atoms with Gasteiger partial charge in [0.15, 0.2) is 0 Å². The molecule has 3 aromatic rings. The fourth-order valence-corrected chi connectivity index (χ4v) is 3.91. The van der Waals surface area contributed by atoms with Crippen LogP contribution in [-0.4, -0.2) is 34.9 Å². The number of benzene rings is 2. The number of carbonyl (C=O) groups excluding carboxylic acids is 1. The van der Waals surface area contributed by atoms with Crippen molar-refractivity contribution in [3.8, 4) is 5.75 Å². The van der Waals surface area contributed by atoms with Crippen LogP contribution in [0.2, 0.25) is 0 Å². The highest BCUT2D eigenvalue weighted by Gasteiger charge is 2.32. The minimum Gasteiger partial charge on any atom is -0.497 e. The van der Waals surface area contributed by atoms with E-state index in [-0.39, 0.29) is 22.7 Å². The number of ether oxygens (including phenoxy) is 1. The Kier molecular flexibility index (Phi) is 5.75. The number of hydrogen-bond donors (Lipinski definition) is 2. The Balaban J connectivity index is 1.35. The molecule has 0 saturated heterocycles. The fourth-order valence-electron chi connectivity index (χ4n) is 3.91. The maximum atomic E-state index is 13.0. The number of hydrogen-bond acceptors (Lipinski definition) is 4. The molecule has 1 saturated carbocycles. The zero-order chi connectivity index (χ0) is 22.0. The number of aromatic nitrogens is 2. The summed E-state index contributed by atoms with van der Waals surface area (Å²) in [6.45, 7) is 0. The van der Waals surface area contributed by atoms with Crippen LogP contribution in [0.3, 0.4) is 0 Å². The second kappa shape index (κ2) is 8.49. The van der Waals surface area contributed by atoms with Crippen LogP contribution in [0.25, 0.3) is 10.9 Å². The zero-order valence-corrected chi connectivity index (χ0v) is 16.9. The summed E-state index contributed by atoms with van der Waals surface area (Å²) in [6.07, 6.45) is -0.349. The van der Waals surface area contributed by atoms with Crippen LogP contribution < -0.4 is 15.4 Å². The highest BCUT2D eigenvalue weighted by molar-refractivity contribution is 5.94. The van der Waals surface area contributed by atoms with Crippen molar-refractivity contribution >= 4 is 22.5 Å². The van der Waals surface area contributed by atoms with Gasteiger partial charge in [0.1, 0.15) is 5.75 Å². The van der Waals surface area contributed by atoms with Gasteiger partial charge in [-0.25, -0.2) is 0 Å². The van der Waals surface area contributed by atoms with Crippen LogP contribution in [0.1, 0.15) is 36.0 Å². The van der Waals surface area contributed by atoms with E-state index in [1.54, 1.807) is 49.6 Å². The summed E-state index contributed by atoms with van der Waals surface area (Å²) in [6, 6.07) is 12.2. The molecule has 0 bridgehead atoms. The first-order chi connectivity index (χ1) is 14.8. The Morgan fingerprint density at radius 1 is 1.06 bits per heavy atom. The number of carbonyl (C=O) groups is 1. The van der Waals surface area contributed by atoms with Gasteiger partial charge in [-0.2, -0.15) is 9.78 Å². The molecule has 9 heteroatoms. The number of rotatable bonds is 5. The van der Waals surface area contributed by atoms with Crippen molar-refractivity contribution in [1.82, 2.24) is 15.1 Å². The average Bonchev–Trinajstić information content (AvgIpc) is 3.21. The predicted molar refractivity (Wildman–Crippen MR) is 111 cm³/mol. The van der Waals surface area contributed by atoms with Gasteiger partial charge in [0.25, 0.3) is 5.91 Å². The second-order valence-electron chi connectivity index (χ2n) is 7.67. The molecule has 1 fully saturated rings. The molecule has 2 N–H and O–H groups in total. The van der Waals surface area contributed by atoms with Crippen molar-refractivity contribution < 1.29 is 22.7 Å². The van der Waals surface area contributed by atoms with E-state index in [0.717, 1.165) is 31.9 Å². The molecule has 1 amide bonds. The molecule has 6 nitrogen and oxygen atoms in total. The number of methoxy groups -OCH3 is 1. The largest absolute Gasteiger partial charge is 0.504 e. The third-order valence-electron chi connectivity index (χ3n) is 5.58. The summed E-state index contributed by atoms with van der Waals surface area (Å²) < 4.78 is 44.0. The smallest absolute Gasteiger partial charge is 0.497 e. The number of nitrogens with zero attached hydrogens (tertiary/aromatic N) is 2. The van der Waals surface area contributed by atoms with Crippen LogP contribution >= 0.6 is 0 Å². The summed E-state index contributed by atoms with van der Waals surface area (Å²) in [4.78, 5) is 12.4. The molecule has 1 aliphatic rings. The second-order valence-corrected chi connectivity index (χ2v) is 7.67. The zero-order valence-electron chi connectivity index (χ0n) is 16.9. The Hall–Kier alpha value is -3.23. The van der Waals surface area contributed by atoms with Crippen molar-refractivity contribution in [3.63, 3.8) is 0 Å². The number of alkyl halides is 3. The van der Waals surface area contributed by atoms with E-state index in [2.05, 4.69) is 15.7 Å². The van der Waals surface area contributed by atoms with E-state index in [9.17, 15) is 18.0 Å². The topological polar surface area (TPSA) is 68.2 Å². The molecule has 0 radical (unpaired) electrons. The minimum atomic E-state index is -4.55. The Morgan fingerprint density at radius 2 is 1.74 bits per heavy atom. The molecule has 31 heavy (non-hydrogen) atoms. The lowest BCUT2D eigenvalue weighted by atomic mass is 9.90. The van der Waals surface area contributed by atoms with Crippen molar-refractivity contribution in [1.29, 1.82) is 0 Å². The quantitative estimate of drug-likeness (QED) is 0.615. The first kappa shape index (κ1) is 21.0. The van der Waals surface area contributed by atoms with Crippen molar-refractivity contribution in [2.24, 2.45) is 0 Å². The molecule has 164 valence electrons. The van der Waals surface area contributed by atoms with Gasteiger partial charge in [-0.3, -0.25) is 4.79 Å². The van der Waals surface area contributed by atoms with Gasteiger partial charge < -0.3 is 15.4 Å². The van der Waals surface area contributed by atoms with Gasteiger partial charge in [-0.15, -0.1) is 13.2 Å². The van der Waals surface area contributed by atoms with Gasteiger partial charge in [-0.1, -0.05) is 6.07 Å². The molecular weight excluding hydrogens is 409 g/mol. The molecule has 4 rings (SSSR count). The van der Waals surface area contributed by atoms with Gasteiger partial charge >= 0.3 is 6.30 Å². The van der Waals surface area contributed by atoms with E-state index < -0.39 is 6.30 Å². The molecule has 0 spiro atoms. The lowest BCUT2D eigenvalue weighted by Gasteiger charge is -2.30. The van der Waals surface area contributed by atoms with Crippen molar-refractivity contribution in [3.05, 3.63) is 54.2 Å². The van der Waals surface area contributed by atoms with E-state index >= 15 is 0 Å². The Labute approximate surface area is 177 Å². The predicted octanol–water partition coefficient (Wildman–Crippen LogP) is 4.67. The Bertz CT molecular complexity index is 1050. The molecule has 1 aliphatic carbocycles. The lowest BCUT2D eigenvalue weighted by molar-refractivity contribution is -0.211. The van der Waals surface area contributed by atoms with E-state index in [0.29, 0.717) is 27.9 Å². The van der Waals surface area contributed by atoms with Crippen molar-refractivity contribution in [2.45, 2.75) is 44.1 Å². The lowest BCUT2D eigenvalue weighted by Crippen LogP contribution is -2.40. The number of anilines is 1. The highest BCUT2D eigenvalue weighted by Crippen LogP contribution is 2.30. The van der Waals surface area contributed by atoms with E-state index in [1.807, 2.05) is 0 Å². The average molecular weight is 432 g/mol. The molecular formula is C22H23F3N4O2.